The van der Waals surface area contributed by atoms with Crippen molar-refractivity contribution in [1.82, 2.24) is 20.4 Å². The first-order valence-electron chi connectivity index (χ1n) is 10.0. The summed E-state index contributed by atoms with van der Waals surface area (Å²) >= 11 is 5.91. The molecule has 1 unspecified atom stereocenters. The summed E-state index contributed by atoms with van der Waals surface area (Å²) in [6, 6.07) is 21.1. The Morgan fingerprint density at radius 1 is 1.00 bits per heavy atom. The zero-order chi connectivity index (χ0) is 22.5. The summed E-state index contributed by atoms with van der Waals surface area (Å²) in [5, 5.41) is 0.641. The quantitative estimate of drug-likeness (QED) is 0.431. The van der Waals surface area contributed by atoms with E-state index in [9.17, 15) is 9.59 Å². The van der Waals surface area contributed by atoms with Crippen molar-refractivity contribution in [3.8, 4) is 5.75 Å². The molecule has 0 spiro atoms. The molecule has 4 rings (SSSR count). The number of para-hydroxylation sites is 3. The Hall–Kier alpha value is -3.84. The summed E-state index contributed by atoms with van der Waals surface area (Å²) < 4.78 is 7.57. The molecule has 0 saturated heterocycles. The second-order valence-corrected chi connectivity index (χ2v) is 7.61. The van der Waals surface area contributed by atoms with E-state index in [0.717, 1.165) is 16.6 Å². The Morgan fingerprint density at radius 2 is 1.72 bits per heavy atom. The number of hydrogen-bond donors (Lipinski definition) is 2. The van der Waals surface area contributed by atoms with Crippen LogP contribution in [0.3, 0.4) is 0 Å². The van der Waals surface area contributed by atoms with Gasteiger partial charge in [0, 0.05) is 5.02 Å². The van der Waals surface area contributed by atoms with Crippen LogP contribution in [-0.4, -0.2) is 21.4 Å². The van der Waals surface area contributed by atoms with Crippen molar-refractivity contribution in [2.75, 3.05) is 0 Å². The standard InChI is InChI=1S/C24H21ClN4O3/c1-16(29-15-26-20-7-3-4-8-21(20)29)23(30)27-28-24(31)19-6-2-5-9-22(19)32-14-17-10-12-18(25)13-11-17/h2-13,15-16H,14H2,1H3,(H,27,30)(H,28,31). The molecule has 1 atom stereocenters. The van der Waals surface area contributed by atoms with Gasteiger partial charge in [-0.25, -0.2) is 4.98 Å². The molecule has 162 valence electrons. The summed E-state index contributed by atoms with van der Waals surface area (Å²) in [7, 11) is 0. The summed E-state index contributed by atoms with van der Waals surface area (Å²) in [5.74, 6) is -0.448. The second kappa shape index (κ2) is 9.53. The van der Waals surface area contributed by atoms with E-state index in [2.05, 4.69) is 15.8 Å². The van der Waals surface area contributed by atoms with Gasteiger partial charge in [-0.2, -0.15) is 0 Å². The van der Waals surface area contributed by atoms with Gasteiger partial charge in [0.2, 0.25) is 0 Å². The molecule has 0 bridgehead atoms. The van der Waals surface area contributed by atoms with Crippen LogP contribution >= 0.6 is 11.6 Å². The van der Waals surface area contributed by atoms with E-state index in [1.54, 1.807) is 54.2 Å². The number of benzene rings is 3. The Bertz CT molecular complexity index is 1250. The van der Waals surface area contributed by atoms with E-state index in [1.165, 1.54) is 0 Å². The molecule has 2 N–H and O–H groups in total. The molecule has 32 heavy (non-hydrogen) atoms. The van der Waals surface area contributed by atoms with Crippen LogP contribution in [0.4, 0.5) is 0 Å². The first kappa shape index (κ1) is 21.4. The van der Waals surface area contributed by atoms with Crippen LogP contribution in [-0.2, 0) is 11.4 Å². The third-order valence-electron chi connectivity index (χ3n) is 5.02. The van der Waals surface area contributed by atoms with E-state index in [-0.39, 0.29) is 12.5 Å². The van der Waals surface area contributed by atoms with Crippen LogP contribution in [0.15, 0.2) is 79.1 Å². The van der Waals surface area contributed by atoms with E-state index in [4.69, 9.17) is 16.3 Å². The number of hydrazine groups is 1. The Morgan fingerprint density at radius 3 is 2.53 bits per heavy atom. The minimum absolute atomic E-state index is 0.276. The number of ether oxygens (including phenoxy) is 1. The topological polar surface area (TPSA) is 85.3 Å². The molecular weight excluding hydrogens is 428 g/mol. The summed E-state index contributed by atoms with van der Waals surface area (Å²) in [5.41, 5.74) is 7.80. The van der Waals surface area contributed by atoms with E-state index in [1.807, 2.05) is 36.4 Å². The van der Waals surface area contributed by atoms with Gasteiger partial charge in [-0.15, -0.1) is 0 Å². The number of imidazole rings is 1. The molecule has 0 radical (unpaired) electrons. The number of aromatic nitrogens is 2. The molecule has 1 heterocycles. The van der Waals surface area contributed by atoms with Crippen molar-refractivity contribution in [2.24, 2.45) is 0 Å². The SMILES string of the molecule is CC(C(=O)NNC(=O)c1ccccc1OCc1ccc(Cl)cc1)n1cnc2ccccc21. The average molecular weight is 449 g/mol. The molecule has 4 aromatic rings. The maximum atomic E-state index is 12.7. The van der Waals surface area contributed by atoms with E-state index >= 15 is 0 Å². The van der Waals surface area contributed by atoms with Gasteiger partial charge in [0.15, 0.2) is 0 Å². The Balaban J connectivity index is 1.39. The van der Waals surface area contributed by atoms with Crippen molar-refractivity contribution < 1.29 is 14.3 Å². The van der Waals surface area contributed by atoms with Gasteiger partial charge in [-0.1, -0.05) is 48.0 Å². The highest BCUT2D eigenvalue weighted by Gasteiger charge is 2.19. The van der Waals surface area contributed by atoms with E-state index < -0.39 is 11.9 Å². The van der Waals surface area contributed by atoms with Crippen LogP contribution in [0.5, 0.6) is 5.75 Å². The van der Waals surface area contributed by atoms with Gasteiger partial charge >= 0.3 is 0 Å². The van der Waals surface area contributed by atoms with Gasteiger partial charge in [-0.3, -0.25) is 20.4 Å². The molecule has 0 aliphatic rings. The lowest BCUT2D eigenvalue weighted by atomic mass is 10.2. The molecule has 1 aromatic heterocycles. The molecule has 0 aliphatic heterocycles. The maximum Gasteiger partial charge on any atom is 0.273 e. The molecule has 0 fully saturated rings. The minimum Gasteiger partial charge on any atom is -0.488 e. The van der Waals surface area contributed by atoms with Crippen molar-refractivity contribution in [3.63, 3.8) is 0 Å². The van der Waals surface area contributed by atoms with Crippen LogP contribution in [0.25, 0.3) is 11.0 Å². The molecule has 0 saturated carbocycles. The Kier molecular flexibility index (Phi) is 6.37. The van der Waals surface area contributed by atoms with Gasteiger partial charge < -0.3 is 9.30 Å². The van der Waals surface area contributed by atoms with Crippen LogP contribution < -0.4 is 15.6 Å². The summed E-state index contributed by atoms with van der Waals surface area (Å²) in [6.07, 6.45) is 1.61. The molecular formula is C24H21ClN4O3. The normalized spacial score (nSPS) is 11.7. The van der Waals surface area contributed by atoms with Gasteiger partial charge in [-0.05, 0) is 48.9 Å². The number of carbonyl (C=O) groups is 2. The molecule has 7 nitrogen and oxygen atoms in total. The lowest BCUT2D eigenvalue weighted by Gasteiger charge is -2.16. The number of rotatable bonds is 6. The fraction of sp³-hybridized carbons (Fsp3) is 0.125. The summed E-state index contributed by atoms with van der Waals surface area (Å²) in [6.45, 7) is 2.01. The largest absolute Gasteiger partial charge is 0.488 e. The lowest BCUT2D eigenvalue weighted by Crippen LogP contribution is -2.44. The van der Waals surface area contributed by atoms with Crippen molar-refractivity contribution in [1.29, 1.82) is 0 Å². The predicted molar refractivity (Wildman–Crippen MR) is 122 cm³/mol. The van der Waals surface area contributed by atoms with Gasteiger partial charge in [0.05, 0.1) is 22.9 Å². The average Bonchev–Trinajstić information content (AvgIpc) is 3.26. The minimum atomic E-state index is -0.570. The molecule has 0 aliphatic carbocycles. The molecule has 8 heteroatoms. The summed E-state index contributed by atoms with van der Waals surface area (Å²) in [4.78, 5) is 29.6. The van der Waals surface area contributed by atoms with Gasteiger partial charge in [0.1, 0.15) is 18.4 Å². The predicted octanol–water partition coefficient (Wildman–Crippen LogP) is 4.29. The number of hydrogen-bond acceptors (Lipinski definition) is 4. The number of carbonyl (C=O) groups excluding carboxylic acids is 2. The third kappa shape index (κ3) is 4.73. The first-order valence-corrected chi connectivity index (χ1v) is 10.4. The number of nitrogens with zero attached hydrogens (tertiary/aromatic N) is 2. The lowest BCUT2D eigenvalue weighted by molar-refractivity contribution is -0.124. The van der Waals surface area contributed by atoms with Crippen LogP contribution in [0.2, 0.25) is 5.02 Å². The highest BCUT2D eigenvalue weighted by Crippen LogP contribution is 2.20. The zero-order valence-electron chi connectivity index (χ0n) is 17.3. The van der Waals surface area contributed by atoms with Gasteiger partial charge in [0.25, 0.3) is 11.8 Å². The number of fused-ring (bicyclic) bond motifs is 1. The molecule has 3 aromatic carbocycles. The first-order chi connectivity index (χ1) is 15.5. The monoisotopic (exact) mass is 448 g/mol. The number of nitrogens with one attached hydrogen (secondary N) is 2. The van der Waals surface area contributed by atoms with E-state index in [0.29, 0.717) is 16.3 Å². The number of amides is 2. The highest BCUT2D eigenvalue weighted by molar-refractivity contribution is 6.30. The maximum absolute atomic E-state index is 12.7. The van der Waals surface area contributed by atoms with Crippen LogP contribution in [0.1, 0.15) is 28.9 Å². The fourth-order valence-electron chi connectivity index (χ4n) is 3.23. The smallest absolute Gasteiger partial charge is 0.273 e. The zero-order valence-corrected chi connectivity index (χ0v) is 18.0. The van der Waals surface area contributed by atoms with Crippen molar-refractivity contribution in [3.05, 3.63) is 95.3 Å². The number of halogens is 1. The third-order valence-corrected chi connectivity index (χ3v) is 5.27. The van der Waals surface area contributed by atoms with Crippen molar-refractivity contribution in [2.45, 2.75) is 19.6 Å². The second-order valence-electron chi connectivity index (χ2n) is 7.17. The van der Waals surface area contributed by atoms with Crippen LogP contribution in [0, 0.1) is 0 Å². The highest BCUT2D eigenvalue weighted by atomic mass is 35.5. The molecule has 2 amide bonds. The fourth-order valence-corrected chi connectivity index (χ4v) is 3.35. The van der Waals surface area contributed by atoms with Crippen molar-refractivity contribution >= 4 is 34.4 Å². The Labute approximate surface area is 190 Å².